The van der Waals surface area contributed by atoms with Crippen LogP contribution >= 0.6 is 0 Å². The van der Waals surface area contributed by atoms with Crippen LogP contribution in [0.25, 0.3) is 11.0 Å². The van der Waals surface area contributed by atoms with Crippen molar-refractivity contribution in [2.45, 2.75) is 19.4 Å². The van der Waals surface area contributed by atoms with Gasteiger partial charge in [0.1, 0.15) is 11.3 Å². The number of fused-ring (bicyclic) bond motifs is 1. The van der Waals surface area contributed by atoms with Crippen molar-refractivity contribution < 1.29 is 4.39 Å². The summed E-state index contributed by atoms with van der Waals surface area (Å²) < 4.78 is 15.7. The third-order valence-corrected chi connectivity index (χ3v) is 3.25. The minimum absolute atomic E-state index is 0.231. The van der Waals surface area contributed by atoms with Crippen LogP contribution in [0.1, 0.15) is 18.3 Å². The molecule has 0 radical (unpaired) electrons. The van der Waals surface area contributed by atoms with Gasteiger partial charge in [-0.05, 0) is 32.0 Å². The molecule has 0 bridgehead atoms. The summed E-state index contributed by atoms with van der Waals surface area (Å²) in [6, 6.07) is 5.56. The lowest BCUT2D eigenvalue weighted by Gasteiger charge is -2.13. The standard InChI is InChI=1S/C12H14FN3/c1-8-15-12-10(13)3-2-4-11(12)16(8)9-5-6-14-7-9/h2-4,9,14H,5-7H2,1H3. The van der Waals surface area contributed by atoms with Crippen LogP contribution in [0.5, 0.6) is 0 Å². The molecule has 2 heterocycles. The number of halogens is 1. The first kappa shape index (κ1) is 9.78. The predicted octanol–water partition coefficient (Wildman–Crippen LogP) is 2.02. The molecule has 3 rings (SSSR count). The number of rotatable bonds is 1. The third-order valence-electron chi connectivity index (χ3n) is 3.25. The number of aryl methyl sites for hydroxylation is 1. The Kier molecular flexibility index (Phi) is 2.17. The van der Waals surface area contributed by atoms with E-state index in [4.69, 9.17) is 0 Å². The molecular weight excluding hydrogens is 205 g/mol. The van der Waals surface area contributed by atoms with E-state index in [-0.39, 0.29) is 5.82 Å². The average molecular weight is 219 g/mol. The molecule has 84 valence electrons. The van der Waals surface area contributed by atoms with Gasteiger partial charge in [0, 0.05) is 12.6 Å². The summed E-state index contributed by atoms with van der Waals surface area (Å²) in [4.78, 5) is 4.32. The first-order valence-corrected chi connectivity index (χ1v) is 5.61. The Bertz CT molecular complexity index is 526. The normalized spacial score (nSPS) is 20.8. The van der Waals surface area contributed by atoms with Crippen LogP contribution in [-0.4, -0.2) is 22.6 Å². The Labute approximate surface area is 93.3 Å². The molecule has 3 nitrogen and oxygen atoms in total. The zero-order chi connectivity index (χ0) is 11.1. The molecule has 0 saturated carbocycles. The monoisotopic (exact) mass is 219 g/mol. The smallest absolute Gasteiger partial charge is 0.151 e. The molecule has 1 unspecified atom stereocenters. The Hall–Kier alpha value is -1.42. The van der Waals surface area contributed by atoms with Crippen molar-refractivity contribution in [3.63, 3.8) is 0 Å². The van der Waals surface area contributed by atoms with Crippen LogP contribution in [0.4, 0.5) is 4.39 Å². The van der Waals surface area contributed by atoms with E-state index in [0.29, 0.717) is 11.6 Å². The van der Waals surface area contributed by atoms with Gasteiger partial charge >= 0.3 is 0 Å². The molecule has 0 spiro atoms. The zero-order valence-corrected chi connectivity index (χ0v) is 9.20. The zero-order valence-electron chi connectivity index (χ0n) is 9.20. The van der Waals surface area contributed by atoms with Gasteiger partial charge in [-0.3, -0.25) is 0 Å². The number of imidazole rings is 1. The van der Waals surface area contributed by atoms with Crippen molar-refractivity contribution in [2.24, 2.45) is 0 Å². The molecule has 2 aromatic rings. The van der Waals surface area contributed by atoms with Crippen molar-refractivity contribution in [3.05, 3.63) is 29.8 Å². The van der Waals surface area contributed by atoms with Gasteiger partial charge in [-0.1, -0.05) is 6.07 Å². The maximum atomic E-state index is 13.6. The Morgan fingerprint density at radius 3 is 3.12 bits per heavy atom. The molecule has 1 saturated heterocycles. The van der Waals surface area contributed by atoms with E-state index in [9.17, 15) is 4.39 Å². The van der Waals surface area contributed by atoms with Crippen LogP contribution in [0.3, 0.4) is 0 Å². The Balaban J connectivity index is 2.22. The third kappa shape index (κ3) is 1.33. The summed E-state index contributed by atoms with van der Waals surface area (Å²) >= 11 is 0. The number of para-hydroxylation sites is 1. The summed E-state index contributed by atoms with van der Waals surface area (Å²) in [6.07, 6.45) is 1.09. The van der Waals surface area contributed by atoms with E-state index in [2.05, 4.69) is 14.9 Å². The lowest BCUT2D eigenvalue weighted by Crippen LogP contribution is -2.14. The maximum Gasteiger partial charge on any atom is 0.151 e. The second-order valence-corrected chi connectivity index (χ2v) is 4.28. The van der Waals surface area contributed by atoms with Crippen molar-refractivity contribution in [2.75, 3.05) is 13.1 Å². The predicted molar refractivity (Wildman–Crippen MR) is 61.0 cm³/mol. The summed E-state index contributed by atoms with van der Waals surface area (Å²) in [5, 5.41) is 3.32. The topological polar surface area (TPSA) is 29.9 Å². The molecule has 4 heteroatoms. The number of nitrogens with one attached hydrogen (secondary N) is 1. The number of nitrogens with zero attached hydrogens (tertiary/aromatic N) is 2. The fourth-order valence-corrected chi connectivity index (χ4v) is 2.52. The number of hydrogen-bond donors (Lipinski definition) is 1. The summed E-state index contributed by atoms with van der Waals surface area (Å²) in [5.74, 6) is 0.666. The first-order chi connectivity index (χ1) is 7.77. The van der Waals surface area contributed by atoms with Crippen molar-refractivity contribution in [1.82, 2.24) is 14.9 Å². The van der Waals surface area contributed by atoms with Crippen LogP contribution in [-0.2, 0) is 0 Å². The van der Waals surface area contributed by atoms with Gasteiger partial charge in [0.2, 0.25) is 0 Å². The van der Waals surface area contributed by atoms with Gasteiger partial charge in [-0.25, -0.2) is 9.37 Å². The lowest BCUT2D eigenvalue weighted by molar-refractivity contribution is 0.548. The fourth-order valence-electron chi connectivity index (χ4n) is 2.52. The second-order valence-electron chi connectivity index (χ2n) is 4.28. The molecule has 1 aliphatic rings. The van der Waals surface area contributed by atoms with Crippen LogP contribution in [0.2, 0.25) is 0 Å². The fraction of sp³-hybridized carbons (Fsp3) is 0.417. The summed E-state index contributed by atoms with van der Waals surface area (Å²) in [7, 11) is 0. The number of hydrogen-bond acceptors (Lipinski definition) is 2. The quantitative estimate of drug-likeness (QED) is 0.795. The van der Waals surface area contributed by atoms with Gasteiger partial charge in [0.05, 0.1) is 5.52 Å². The highest BCUT2D eigenvalue weighted by atomic mass is 19.1. The molecule has 0 aliphatic carbocycles. The number of benzene rings is 1. The van der Waals surface area contributed by atoms with Gasteiger partial charge in [0.25, 0.3) is 0 Å². The van der Waals surface area contributed by atoms with E-state index in [1.807, 2.05) is 13.0 Å². The molecular formula is C12H14FN3. The van der Waals surface area contributed by atoms with Crippen molar-refractivity contribution in [3.8, 4) is 0 Å². The molecule has 1 N–H and O–H groups in total. The van der Waals surface area contributed by atoms with Gasteiger partial charge in [-0.15, -0.1) is 0 Å². The molecule has 1 aliphatic heterocycles. The summed E-state index contributed by atoms with van der Waals surface area (Å²) in [5.41, 5.74) is 1.40. The molecule has 1 aromatic heterocycles. The maximum absolute atomic E-state index is 13.6. The Morgan fingerprint density at radius 2 is 2.38 bits per heavy atom. The Morgan fingerprint density at radius 1 is 1.50 bits per heavy atom. The van der Waals surface area contributed by atoms with Crippen LogP contribution < -0.4 is 5.32 Å². The minimum Gasteiger partial charge on any atom is -0.324 e. The highest BCUT2D eigenvalue weighted by Crippen LogP contribution is 2.25. The van der Waals surface area contributed by atoms with Gasteiger partial charge < -0.3 is 9.88 Å². The molecule has 16 heavy (non-hydrogen) atoms. The van der Waals surface area contributed by atoms with E-state index in [1.165, 1.54) is 6.07 Å². The molecule has 1 aromatic carbocycles. The number of aromatic nitrogens is 2. The lowest BCUT2D eigenvalue weighted by atomic mass is 10.2. The van der Waals surface area contributed by atoms with Crippen molar-refractivity contribution >= 4 is 11.0 Å². The summed E-state index contributed by atoms with van der Waals surface area (Å²) in [6.45, 7) is 3.92. The van der Waals surface area contributed by atoms with Gasteiger partial charge in [0.15, 0.2) is 5.82 Å². The molecule has 1 fully saturated rings. The SMILES string of the molecule is Cc1nc2c(F)cccc2n1C1CCNC1. The van der Waals surface area contributed by atoms with Crippen LogP contribution in [0, 0.1) is 12.7 Å². The highest BCUT2D eigenvalue weighted by molar-refractivity contribution is 5.76. The average Bonchev–Trinajstić information content (AvgIpc) is 2.85. The van der Waals surface area contributed by atoms with E-state index in [0.717, 1.165) is 30.9 Å². The largest absolute Gasteiger partial charge is 0.324 e. The van der Waals surface area contributed by atoms with Gasteiger partial charge in [-0.2, -0.15) is 0 Å². The van der Waals surface area contributed by atoms with Crippen LogP contribution in [0.15, 0.2) is 18.2 Å². The van der Waals surface area contributed by atoms with Crippen molar-refractivity contribution in [1.29, 1.82) is 0 Å². The minimum atomic E-state index is -0.231. The second kappa shape index (κ2) is 3.56. The van der Waals surface area contributed by atoms with E-state index < -0.39 is 0 Å². The van der Waals surface area contributed by atoms with E-state index >= 15 is 0 Å². The molecule has 0 amide bonds. The highest BCUT2D eigenvalue weighted by Gasteiger charge is 2.21. The van der Waals surface area contributed by atoms with E-state index in [1.54, 1.807) is 6.07 Å². The first-order valence-electron chi connectivity index (χ1n) is 5.61. The molecule has 1 atom stereocenters.